The standard InChI is InChI=1S/C27H26ClN3O4S/c1-3-34-22-15-8-19(9-16-22)10-17-25(32)31-27(36)30-21-13-11-20(12-14-21)29-26(33)18(2)35-24-7-5-4-6-23(24)28/h4-18H,3H2,1-2H3,(H,29,33)(H2,30,31,32,36). The minimum atomic E-state index is -0.749. The van der Waals surface area contributed by atoms with Crippen LogP contribution < -0.4 is 25.4 Å². The summed E-state index contributed by atoms with van der Waals surface area (Å²) in [5.74, 6) is 0.525. The van der Waals surface area contributed by atoms with Crippen LogP contribution in [0.2, 0.25) is 5.02 Å². The molecule has 2 amide bonds. The summed E-state index contributed by atoms with van der Waals surface area (Å²) >= 11 is 11.3. The molecule has 186 valence electrons. The third-order valence-electron chi connectivity index (χ3n) is 4.77. The molecule has 0 aliphatic carbocycles. The maximum absolute atomic E-state index is 12.4. The minimum Gasteiger partial charge on any atom is -0.494 e. The van der Waals surface area contributed by atoms with Gasteiger partial charge in [0.1, 0.15) is 11.5 Å². The molecule has 36 heavy (non-hydrogen) atoms. The molecule has 0 spiro atoms. The summed E-state index contributed by atoms with van der Waals surface area (Å²) in [6.07, 6.45) is 2.33. The van der Waals surface area contributed by atoms with Crippen molar-refractivity contribution in [3.63, 3.8) is 0 Å². The first-order valence-electron chi connectivity index (χ1n) is 11.2. The molecule has 9 heteroatoms. The molecule has 0 radical (unpaired) electrons. The van der Waals surface area contributed by atoms with Crippen LogP contribution in [-0.2, 0) is 9.59 Å². The van der Waals surface area contributed by atoms with Crippen LogP contribution in [0.4, 0.5) is 11.4 Å². The molecule has 3 aromatic carbocycles. The fraction of sp³-hybridized carbons (Fsp3) is 0.148. The third-order valence-corrected chi connectivity index (χ3v) is 5.29. The van der Waals surface area contributed by atoms with E-state index in [1.54, 1.807) is 61.5 Å². The van der Waals surface area contributed by atoms with Gasteiger partial charge in [0, 0.05) is 17.5 Å². The molecule has 0 aliphatic heterocycles. The predicted molar refractivity (Wildman–Crippen MR) is 148 cm³/mol. The van der Waals surface area contributed by atoms with Crippen LogP contribution in [0.3, 0.4) is 0 Å². The number of para-hydroxylation sites is 1. The molecule has 0 bridgehead atoms. The van der Waals surface area contributed by atoms with Gasteiger partial charge in [-0.15, -0.1) is 0 Å². The van der Waals surface area contributed by atoms with E-state index in [2.05, 4.69) is 16.0 Å². The normalized spacial score (nSPS) is 11.4. The highest BCUT2D eigenvalue weighted by atomic mass is 35.5. The number of thiocarbonyl (C=S) groups is 1. The van der Waals surface area contributed by atoms with Gasteiger partial charge in [-0.2, -0.15) is 0 Å². The molecule has 0 fully saturated rings. The summed E-state index contributed by atoms with van der Waals surface area (Å²) in [6, 6.07) is 21.2. The van der Waals surface area contributed by atoms with Crippen LogP contribution in [0.25, 0.3) is 6.08 Å². The number of hydrogen-bond acceptors (Lipinski definition) is 5. The molecular weight excluding hydrogens is 498 g/mol. The Kier molecular flexibility index (Phi) is 9.85. The summed E-state index contributed by atoms with van der Waals surface area (Å²) in [7, 11) is 0. The van der Waals surface area contributed by atoms with Crippen molar-refractivity contribution in [3.8, 4) is 11.5 Å². The Labute approximate surface area is 220 Å². The Balaban J connectivity index is 1.46. The first-order chi connectivity index (χ1) is 17.3. The summed E-state index contributed by atoms with van der Waals surface area (Å²) in [4.78, 5) is 24.6. The zero-order chi connectivity index (χ0) is 25.9. The average molecular weight is 524 g/mol. The van der Waals surface area contributed by atoms with E-state index in [1.807, 2.05) is 31.2 Å². The second kappa shape index (κ2) is 13.3. The number of amides is 2. The van der Waals surface area contributed by atoms with Gasteiger partial charge in [-0.1, -0.05) is 35.9 Å². The number of nitrogens with one attached hydrogen (secondary N) is 3. The highest BCUT2D eigenvalue weighted by Gasteiger charge is 2.16. The van der Waals surface area contributed by atoms with Crippen molar-refractivity contribution >= 4 is 58.2 Å². The molecular formula is C27H26ClN3O4S. The van der Waals surface area contributed by atoms with Gasteiger partial charge in [-0.25, -0.2) is 0 Å². The Morgan fingerprint density at radius 1 is 0.972 bits per heavy atom. The highest BCUT2D eigenvalue weighted by molar-refractivity contribution is 7.80. The molecule has 7 nitrogen and oxygen atoms in total. The number of rotatable bonds is 9. The number of carbonyl (C=O) groups is 2. The minimum absolute atomic E-state index is 0.148. The number of carbonyl (C=O) groups excluding carboxylic acids is 2. The Hall–Kier alpha value is -3.88. The lowest BCUT2D eigenvalue weighted by atomic mass is 10.2. The zero-order valence-corrected chi connectivity index (χ0v) is 21.4. The first-order valence-corrected chi connectivity index (χ1v) is 12.0. The van der Waals surface area contributed by atoms with Crippen molar-refractivity contribution in [2.24, 2.45) is 0 Å². The van der Waals surface area contributed by atoms with Gasteiger partial charge in [0.2, 0.25) is 5.91 Å². The van der Waals surface area contributed by atoms with Gasteiger partial charge in [0.15, 0.2) is 11.2 Å². The molecule has 0 saturated heterocycles. The lowest BCUT2D eigenvalue weighted by Crippen LogP contribution is -2.32. The smallest absolute Gasteiger partial charge is 0.265 e. The zero-order valence-electron chi connectivity index (χ0n) is 19.8. The van der Waals surface area contributed by atoms with Gasteiger partial charge in [0.05, 0.1) is 11.6 Å². The van der Waals surface area contributed by atoms with Crippen molar-refractivity contribution in [3.05, 3.63) is 89.5 Å². The average Bonchev–Trinajstić information content (AvgIpc) is 2.86. The van der Waals surface area contributed by atoms with Gasteiger partial charge in [-0.05, 0) is 86.2 Å². The summed E-state index contributed by atoms with van der Waals surface area (Å²) in [6.45, 7) is 4.15. The molecule has 1 atom stereocenters. The first kappa shape index (κ1) is 26.7. The third kappa shape index (κ3) is 8.41. The quantitative estimate of drug-likeness (QED) is 0.247. The van der Waals surface area contributed by atoms with Crippen LogP contribution >= 0.6 is 23.8 Å². The summed E-state index contributed by atoms with van der Waals surface area (Å²) < 4.78 is 11.0. The number of hydrogen-bond donors (Lipinski definition) is 3. The monoisotopic (exact) mass is 523 g/mol. The summed E-state index contributed by atoms with van der Waals surface area (Å²) in [5.41, 5.74) is 2.08. The van der Waals surface area contributed by atoms with E-state index in [1.165, 1.54) is 6.08 Å². The fourth-order valence-electron chi connectivity index (χ4n) is 2.99. The van der Waals surface area contributed by atoms with Gasteiger partial charge >= 0.3 is 0 Å². The Morgan fingerprint density at radius 3 is 2.25 bits per heavy atom. The van der Waals surface area contributed by atoms with Crippen molar-refractivity contribution in [2.45, 2.75) is 20.0 Å². The van der Waals surface area contributed by atoms with E-state index < -0.39 is 6.10 Å². The van der Waals surface area contributed by atoms with Crippen molar-refractivity contribution in [1.82, 2.24) is 5.32 Å². The molecule has 0 aromatic heterocycles. The van der Waals surface area contributed by atoms with Crippen molar-refractivity contribution in [1.29, 1.82) is 0 Å². The lowest BCUT2D eigenvalue weighted by Gasteiger charge is -2.16. The van der Waals surface area contributed by atoms with E-state index in [9.17, 15) is 9.59 Å². The SMILES string of the molecule is CCOc1ccc(C=CC(=O)NC(=S)Nc2ccc(NC(=O)C(C)Oc3ccccc3Cl)cc2)cc1. The molecule has 0 heterocycles. The van der Waals surface area contributed by atoms with Crippen molar-refractivity contribution in [2.75, 3.05) is 17.2 Å². The van der Waals surface area contributed by atoms with Crippen LogP contribution in [0, 0.1) is 0 Å². The van der Waals surface area contributed by atoms with Crippen LogP contribution in [0.5, 0.6) is 11.5 Å². The fourth-order valence-corrected chi connectivity index (χ4v) is 3.39. The van der Waals surface area contributed by atoms with Crippen LogP contribution in [-0.4, -0.2) is 29.6 Å². The van der Waals surface area contributed by atoms with Gasteiger partial charge in [0.25, 0.3) is 5.91 Å². The lowest BCUT2D eigenvalue weighted by molar-refractivity contribution is -0.122. The topological polar surface area (TPSA) is 88.7 Å². The van der Waals surface area contributed by atoms with Gasteiger partial charge < -0.3 is 20.1 Å². The second-order valence-electron chi connectivity index (χ2n) is 7.54. The molecule has 0 saturated carbocycles. The van der Waals surface area contributed by atoms with E-state index in [0.29, 0.717) is 28.8 Å². The second-order valence-corrected chi connectivity index (χ2v) is 8.35. The van der Waals surface area contributed by atoms with E-state index >= 15 is 0 Å². The molecule has 3 N–H and O–H groups in total. The predicted octanol–water partition coefficient (Wildman–Crippen LogP) is 5.67. The van der Waals surface area contributed by atoms with Crippen molar-refractivity contribution < 1.29 is 19.1 Å². The van der Waals surface area contributed by atoms with E-state index in [4.69, 9.17) is 33.3 Å². The molecule has 0 aliphatic rings. The molecule has 3 rings (SSSR count). The highest BCUT2D eigenvalue weighted by Crippen LogP contribution is 2.24. The Morgan fingerprint density at radius 2 is 1.61 bits per heavy atom. The van der Waals surface area contributed by atoms with E-state index in [0.717, 1.165) is 11.3 Å². The summed E-state index contributed by atoms with van der Waals surface area (Å²) in [5, 5.41) is 8.89. The van der Waals surface area contributed by atoms with Gasteiger partial charge in [-0.3, -0.25) is 14.9 Å². The number of benzene rings is 3. The maximum atomic E-state index is 12.4. The number of anilines is 2. The molecule has 3 aromatic rings. The Bertz CT molecular complexity index is 1230. The molecule has 1 unspecified atom stereocenters. The number of ether oxygens (including phenoxy) is 2. The maximum Gasteiger partial charge on any atom is 0.265 e. The van der Waals surface area contributed by atoms with Crippen LogP contribution in [0.1, 0.15) is 19.4 Å². The van der Waals surface area contributed by atoms with Crippen LogP contribution in [0.15, 0.2) is 78.9 Å². The van der Waals surface area contributed by atoms with E-state index in [-0.39, 0.29) is 16.9 Å². The largest absolute Gasteiger partial charge is 0.494 e. The number of halogens is 1.